The minimum Gasteiger partial charge on any atom is -0.373 e. The van der Waals surface area contributed by atoms with Crippen LogP contribution in [0, 0.1) is 5.41 Å². The van der Waals surface area contributed by atoms with Crippen molar-refractivity contribution in [1.29, 1.82) is 0 Å². The highest BCUT2D eigenvalue weighted by atomic mass is 16.6. The van der Waals surface area contributed by atoms with E-state index in [1.54, 1.807) is 0 Å². The molecule has 1 heteroatoms. The molecule has 1 aliphatic rings. The van der Waals surface area contributed by atoms with E-state index in [0.29, 0.717) is 6.10 Å². The molecule has 88 valence electrons. The summed E-state index contributed by atoms with van der Waals surface area (Å²) < 4.78 is 5.46. The van der Waals surface area contributed by atoms with Crippen molar-refractivity contribution < 1.29 is 4.74 Å². The van der Waals surface area contributed by atoms with Gasteiger partial charge in [0.25, 0.3) is 0 Å². The topological polar surface area (TPSA) is 12.5 Å². The van der Waals surface area contributed by atoms with Gasteiger partial charge in [-0.15, -0.1) is 0 Å². The van der Waals surface area contributed by atoms with Gasteiger partial charge in [-0.25, -0.2) is 0 Å². The number of benzene rings is 1. The molecule has 0 N–H and O–H groups in total. The summed E-state index contributed by atoms with van der Waals surface area (Å²) in [7, 11) is 0. The van der Waals surface area contributed by atoms with Gasteiger partial charge >= 0.3 is 0 Å². The van der Waals surface area contributed by atoms with Crippen molar-refractivity contribution in [1.82, 2.24) is 0 Å². The standard InChI is InChI=1S/C15H22O/c1-14(2,12-8-6-5-7-9-12)11-15(3,4)13-10-16-13/h5-9,13H,10-11H2,1-4H3. The van der Waals surface area contributed by atoms with Crippen LogP contribution >= 0.6 is 0 Å². The van der Waals surface area contributed by atoms with Gasteiger partial charge in [-0.2, -0.15) is 0 Å². The highest BCUT2D eigenvalue weighted by molar-refractivity contribution is 5.24. The average molecular weight is 218 g/mol. The van der Waals surface area contributed by atoms with Gasteiger partial charge in [-0.05, 0) is 22.8 Å². The van der Waals surface area contributed by atoms with Crippen molar-refractivity contribution in [2.24, 2.45) is 5.41 Å². The van der Waals surface area contributed by atoms with Gasteiger partial charge < -0.3 is 4.74 Å². The molecule has 0 aromatic heterocycles. The number of hydrogen-bond acceptors (Lipinski definition) is 1. The van der Waals surface area contributed by atoms with Crippen LogP contribution in [-0.4, -0.2) is 12.7 Å². The zero-order chi connectivity index (χ0) is 11.8. The predicted octanol–water partition coefficient (Wildman–Crippen LogP) is 3.78. The smallest absolute Gasteiger partial charge is 0.0861 e. The molecule has 16 heavy (non-hydrogen) atoms. The SMILES string of the molecule is CC(C)(CC(C)(C)C1CO1)c1ccccc1. The second-order valence-corrected chi connectivity index (χ2v) is 6.24. The van der Waals surface area contributed by atoms with E-state index in [2.05, 4.69) is 58.0 Å². The fraction of sp³-hybridized carbons (Fsp3) is 0.600. The number of ether oxygens (including phenoxy) is 1. The van der Waals surface area contributed by atoms with Crippen molar-refractivity contribution in [2.45, 2.75) is 45.6 Å². The van der Waals surface area contributed by atoms with Gasteiger partial charge in [0.2, 0.25) is 0 Å². The first kappa shape index (κ1) is 11.7. The van der Waals surface area contributed by atoms with Crippen molar-refractivity contribution in [3.8, 4) is 0 Å². The summed E-state index contributed by atoms with van der Waals surface area (Å²) in [6.07, 6.45) is 1.63. The number of rotatable bonds is 4. The molecular formula is C15H22O. The molecule has 1 aliphatic heterocycles. The van der Waals surface area contributed by atoms with Gasteiger partial charge in [0, 0.05) is 0 Å². The van der Waals surface area contributed by atoms with Gasteiger partial charge in [-0.3, -0.25) is 0 Å². The van der Waals surface area contributed by atoms with Crippen LogP contribution in [0.25, 0.3) is 0 Å². The Morgan fingerprint density at radius 2 is 1.69 bits per heavy atom. The third kappa shape index (κ3) is 2.46. The minimum atomic E-state index is 0.219. The number of hydrogen-bond donors (Lipinski definition) is 0. The van der Waals surface area contributed by atoms with Crippen molar-refractivity contribution in [2.75, 3.05) is 6.61 Å². The summed E-state index contributed by atoms with van der Waals surface area (Å²) in [6, 6.07) is 10.8. The molecule has 0 aliphatic carbocycles. The van der Waals surface area contributed by atoms with Crippen LogP contribution in [0.2, 0.25) is 0 Å². The second kappa shape index (κ2) is 3.89. The molecule has 1 aromatic rings. The summed E-state index contributed by atoms with van der Waals surface area (Å²) >= 11 is 0. The molecular weight excluding hydrogens is 196 g/mol. The lowest BCUT2D eigenvalue weighted by Crippen LogP contribution is -2.30. The summed E-state index contributed by atoms with van der Waals surface area (Å²) in [4.78, 5) is 0. The van der Waals surface area contributed by atoms with Crippen molar-refractivity contribution in [3.05, 3.63) is 35.9 Å². The first-order valence-corrected chi connectivity index (χ1v) is 6.09. The van der Waals surface area contributed by atoms with Crippen LogP contribution in [0.4, 0.5) is 0 Å². The molecule has 1 aromatic carbocycles. The van der Waals surface area contributed by atoms with Gasteiger partial charge in [-0.1, -0.05) is 58.0 Å². The maximum atomic E-state index is 5.46. The first-order valence-electron chi connectivity index (χ1n) is 6.09. The minimum absolute atomic E-state index is 0.219. The average Bonchev–Trinajstić information content (AvgIpc) is 3.00. The Morgan fingerprint density at radius 1 is 1.12 bits per heavy atom. The monoisotopic (exact) mass is 218 g/mol. The van der Waals surface area contributed by atoms with Crippen molar-refractivity contribution >= 4 is 0 Å². The third-order valence-electron chi connectivity index (χ3n) is 3.66. The zero-order valence-corrected chi connectivity index (χ0v) is 10.8. The molecule has 0 spiro atoms. The molecule has 1 atom stereocenters. The largest absolute Gasteiger partial charge is 0.373 e. The molecule has 0 saturated carbocycles. The zero-order valence-electron chi connectivity index (χ0n) is 10.8. The Bertz CT molecular complexity index is 347. The highest BCUT2D eigenvalue weighted by Gasteiger charge is 2.42. The Balaban J connectivity index is 2.13. The lowest BCUT2D eigenvalue weighted by molar-refractivity contribution is 0.187. The molecule has 1 nitrogen and oxygen atoms in total. The molecule has 1 saturated heterocycles. The van der Waals surface area contributed by atoms with Gasteiger partial charge in [0.05, 0.1) is 12.7 Å². The van der Waals surface area contributed by atoms with E-state index >= 15 is 0 Å². The summed E-state index contributed by atoms with van der Waals surface area (Å²) in [5.41, 5.74) is 1.92. The summed E-state index contributed by atoms with van der Waals surface area (Å²) in [5, 5.41) is 0. The molecule has 1 fully saturated rings. The van der Waals surface area contributed by atoms with E-state index in [1.165, 1.54) is 5.56 Å². The summed E-state index contributed by atoms with van der Waals surface area (Å²) in [5.74, 6) is 0. The van der Waals surface area contributed by atoms with E-state index in [9.17, 15) is 0 Å². The van der Waals surface area contributed by atoms with E-state index in [0.717, 1.165) is 13.0 Å². The lowest BCUT2D eigenvalue weighted by atomic mass is 9.70. The van der Waals surface area contributed by atoms with Crippen LogP contribution in [0.3, 0.4) is 0 Å². The number of epoxide rings is 1. The van der Waals surface area contributed by atoms with Crippen LogP contribution in [-0.2, 0) is 10.2 Å². The normalized spacial score (nSPS) is 20.9. The Hall–Kier alpha value is -0.820. The highest BCUT2D eigenvalue weighted by Crippen LogP contribution is 2.43. The molecule has 2 rings (SSSR count). The third-order valence-corrected chi connectivity index (χ3v) is 3.66. The van der Waals surface area contributed by atoms with Crippen LogP contribution < -0.4 is 0 Å². The Morgan fingerprint density at radius 3 is 2.19 bits per heavy atom. The molecule has 1 unspecified atom stereocenters. The lowest BCUT2D eigenvalue weighted by Gasteiger charge is -2.34. The molecule has 0 radical (unpaired) electrons. The van der Waals surface area contributed by atoms with Crippen LogP contribution in [0.15, 0.2) is 30.3 Å². The maximum Gasteiger partial charge on any atom is 0.0861 e. The summed E-state index contributed by atoms with van der Waals surface area (Å²) in [6.45, 7) is 10.2. The fourth-order valence-electron chi connectivity index (χ4n) is 2.74. The maximum absolute atomic E-state index is 5.46. The van der Waals surface area contributed by atoms with E-state index in [-0.39, 0.29) is 10.8 Å². The molecule has 0 amide bonds. The van der Waals surface area contributed by atoms with E-state index < -0.39 is 0 Å². The fourth-order valence-corrected chi connectivity index (χ4v) is 2.74. The van der Waals surface area contributed by atoms with E-state index in [1.807, 2.05) is 0 Å². The molecule has 1 heterocycles. The second-order valence-electron chi connectivity index (χ2n) is 6.24. The van der Waals surface area contributed by atoms with Crippen LogP contribution in [0.1, 0.15) is 39.7 Å². The van der Waals surface area contributed by atoms with Gasteiger partial charge in [0.15, 0.2) is 0 Å². The Kier molecular flexibility index (Phi) is 2.83. The van der Waals surface area contributed by atoms with E-state index in [4.69, 9.17) is 4.74 Å². The van der Waals surface area contributed by atoms with Crippen molar-refractivity contribution in [3.63, 3.8) is 0 Å². The first-order chi connectivity index (χ1) is 7.42. The Labute approximate surface area is 98.8 Å². The quantitative estimate of drug-likeness (QED) is 0.701. The predicted molar refractivity (Wildman–Crippen MR) is 67.6 cm³/mol. The molecule has 0 bridgehead atoms. The van der Waals surface area contributed by atoms with Crippen LogP contribution in [0.5, 0.6) is 0 Å². The van der Waals surface area contributed by atoms with Gasteiger partial charge in [0.1, 0.15) is 0 Å².